The molecule has 1 aliphatic heterocycles. The van der Waals surface area contributed by atoms with E-state index in [4.69, 9.17) is 18.9 Å². The van der Waals surface area contributed by atoms with E-state index in [1.807, 2.05) is 18.2 Å². The number of anilines is 1. The molecular formula is C24H21NO6S. The number of ketones is 1. The van der Waals surface area contributed by atoms with E-state index in [0.717, 1.165) is 4.90 Å². The second-order valence-corrected chi connectivity index (χ2v) is 7.88. The van der Waals surface area contributed by atoms with Crippen molar-refractivity contribution >= 4 is 29.1 Å². The minimum absolute atomic E-state index is 0.0203. The number of Topliss-reactive ketones (excluding diaryl/α,β-unsaturated/α-hetero) is 1. The van der Waals surface area contributed by atoms with E-state index in [9.17, 15) is 9.59 Å². The van der Waals surface area contributed by atoms with Gasteiger partial charge in [-0.2, -0.15) is 0 Å². The van der Waals surface area contributed by atoms with Crippen molar-refractivity contribution in [1.29, 1.82) is 0 Å². The van der Waals surface area contributed by atoms with Gasteiger partial charge in [-0.3, -0.25) is 9.59 Å². The SMILES string of the molecule is COc1ccc(C(=O)Nc2cccc(SCC(=O)c3ccc4c(c3)OCO4)c2)cc1OC. The average molecular weight is 452 g/mol. The van der Waals surface area contributed by atoms with Crippen LogP contribution in [-0.2, 0) is 0 Å². The Morgan fingerprint density at radius 3 is 2.50 bits per heavy atom. The molecule has 0 spiro atoms. The van der Waals surface area contributed by atoms with Gasteiger partial charge in [0.1, 0.15) is 0 Å². The lowest BCUT2D eigenvalue weighted by Gasteiger charge is -2.11. The molecule has 0 aromatic heterocycles. The Balaban J connectivity index is 1.39. The quantitative estimate of drug-likeness (QED) is 0.394. The summed E-state index contributed by atoms with van der Waals surface area (Å²) in [5, 5.41) is 2.87. The van der Waals surface area contributed by atoms with Crippen molar-refractivity contribution in [2.75, 3.05) is 32.1 Å². The van der Waals surface area contributed by atoms with E-state index in [1.165, 1.54) is 26.0 Å². The molecule has 1 heterocycles. The molecule has 4 rings (SSSR count). The smallest absolute Gasteiger partial charge is 0.255 e. The summed E-state index contributed by atoms with van der Waals surface area (Å²) >= 11 is 1.40. The van der Waals surface area contributed by atoms with E-state index < -0.39 is 0 Å². The third kappa shape index (κ3) is 4.81. The van der Waals surface area contributed by atoms with Crippen molar-refractivity contribution in [2.45, 2.75) is 4.90 Å². The van der Waals surface area contributed by atoms with Gasteiger partial charge in [0.2, 0.25) is 6.79 Å². The Kier molecular flexibility index (Phi) is 6.51. The predicted octanol–water partition coefficient (Wildman–Crippen LogP) is 4.66. The van der Waals surface area contributed by atoms with Gasteiger partial charge in [-0.25, -0.2) is 0 Å². The standard InChI is InChI=1S/C24H21NO6S/c1-28-20-8-7-16(11-22(20)29-2)24(27)25-17-4-3-5-18(12-17)32-13-19(26)15-6-9-21-23(10-15)31-14-30-21/h3-12H,13-14H2,1-2H3,(H,25,27). The highest BCUT2D eigenvalue weighted by atomic mass is 32.2. The lowest BCUT2D eigenvalue weighted by Crippen LogP contribution is -2.12. The molecule has 1 aliphatic rings. The highest BCUT2D eigenvalue weighted by Gasteiger charge is 2.16. The number of hydrogen-bond donors (Lipinski definition) is 1. The van der Waals surface area contributed by atoms with Gasteiger partial charge in [0.25, 0.3) is 5.91 Å². The molecule has 0 bridgehead atoms. The number of amides is 1. The van der Waals surface area contributed by atoms with Crippen LogP contribution in [0.4, 0.5) is 5.69 Å². The van der Waals surface area contributed by atoms with Crippen molar-refractivity contribution in [2.24, 2.45) is 0 Å². The third-order valence-electron chi connectivity index (χ3n) is 4.80. The molecular weight excluding hydrogens is 430 g/mol. The fraction of sp³-hybridized carbons (Fsp3) is 0.167. The van der Waals surface area contributed by atoms with Crippen molar-refractivity contribution in [3.05, 3.63) is 71.8 Å². The Bertz CT molecular complexity index is 1160. The Morgan fingerprint density at radius 1 is 0.906 bits per heavy atom. The Hall–Kier alpha value is -3.65. The minimum atomic E-state index is -0.274. The molecule has 8 heteroatoms. The van der Waals surface area contributed by atoms with Gasteiger partial charge in [0.15, 0.2) is 28.8 Å². The number of benzene rings is 3. The molecule has 0 unspecified atom stereocenters. The first-order chi connectivity index (χ1) is 15.6. The zero-order valence-corrected chi connectivity index (χ0v) is 18.4. The maximum absolute atomic E-state index is 12.6. The van der Waals surface area contributed by atoms with Gasteiger partial charge >= 0.3 is 0 Å². The number of ether oxygens (including phenoxy) is 4. The minimum Gasteiger partial charge on any atom is -0.493 e. The zero-order valence-electron chi connectivity index (χ0n) is 17.5. The fourth-order valence-electron chi connectivity index (χ4n) is 3.15. The lowest BCUT2D eigenvalue weighted by atomic mass is 10.1. The van der Waals surface area contributed by atoms with E-state index >= 15 is 0 Å². The molecule has 0 saturated carbocycles. The van der Waals surface area contributed by atoms with Gasteiger partial charge in [-0.1, -0.05) is 6.07 Å². The molecule has 3 aromatic rings. The number of rotatable bonds is 8. The van der Waals surface area contributed by atoms with Crippen LogP contribution in [0, 0.1) is 0 Å². The summed E-state index contributed by atoms with van der Waals surface area (Å²) in [6.45, 7) is 0.170. The first-order valence-electron chi connectivity index (χ1n) is 9.76. The van der Waals surface area contributed by atoms with E-state index in [2.05, 4.69) is 5.32 Å². The van der Waals surface area contributed by atoms with Gasteiger partial charge in [-0.05, 0) is 54.6 Å². The summed E-state index contributed by atoms with van der Waals surface area (Å²) in [4.78, 5) is 26.1. The second kappa shape index (κ2) is 9.65. The monoisotopic (exact) mass is 451 g/mol. The van der Waals surface area contributed by atoms with Crippen LogP contribution in [0.1, 0.15) is 20.7 Å². The van der Waals surface area contributed by atoms with Crippen molar-refractivity contribution in [3.63, 3.8) is 0 Å². The van der Waals surface area contributed by atoms with Crippen LogP contribution < -0.4 is 24.3 Å². The average Bonchev–Trinajstić information content (AvgIpc) is 3.30. The number of carbonyl (C=O) groups is 2. The van der Waals surface area contributed by atoms with Gasteiger partial charge in [0, 0.05) is 21.7 Å². The molecule has 1 N–H and O–H groups in total. The van der Waals surface area contributed by atoms with Crippen molar-refractivity contribution in [1.82, 2.24) is 0 Å². The van der Waals surface area contributed by atoms with Gasteiger partial charge in [0.05, 0.1) is 20.0 Å². The summed E-state index contributed by atoms with van der Waals surface area (Å²) in [6.07, 6.45) is 0. The highest BCUT2D eigenvalue weighted by Crippen LogP contribution is 2.33. The molecule has 32 heavy (non-hydrogen) atoms. The number of thioether (sulfide) groups is 1. The molecule has 1 amide bonds. The molecule has 0 saturated heterocycles. The van der Waals surface area contributed by atoms with E-state index in [-0.39, 0.29) is 24.2 Å². The van der Waals surface area contributed by atoms with Crippen LogP contribution in [0.25, 0.3) is 0 Å². The largest absolute Gasteiger partial charge is 0.493 e. The molecule has 164 valence electrons. The Labute approximate surface area is 189 Å². The number of methoxy groups -OCH3 is 2. The molecule has 0 atom stereocenters. The predicted molar refractivity (Wildman–Crippen MR) is 122 cm³/mol. The van der Waals surface area contributed by atoms with Gasteiger partial charge in [-0.15, -0.1) is 11.8 Å². The maximum Gasteiger partial charge on any atom is 0.255 e. The molecule has 7 nitrogen and oxygen atoms in total. The van der Waals surface area contributed by atoms with Crippen LogP contribution >= 0.6 is 11.8 Å². The maximum atomic E-state index is 12.6. The first-order valence-corrected chi connectivity index (χ1v) is 10.7. The summed E-state index contributed by atoms with van der Waals surface area (Å²) in [5.41, 5.74) is 1.64. The van der Waals surface area contributed by atoms with Gasteiger partial charge < -0.3 is 24.3 Å². The molecule has 0 radical (unpaired) electrons. The van der Waals surface area contributed by atoms with Crippen molar-refractivity contribution < 1.29 is 28.5 Å². The fourth-order valence-corrected chi connectivity index (χ4v) is 4.00. The van der Waals surface area contributed by atoms with E-state index in [1.54, 1.807) is 42.5 Å². The first kappa shape index (κ1) is 21.6. The topological polar surface area (TPSA) is 83.1 Å². The number of hydrogen-bond acceptors (Lipinski definition) is 7. The van der Waals surface area contributed by atoms with Crippen molar-refractivity contribution in [3.8, 4) is 23.0 Å². The highest BCUT2D eigenvalue weighted by molar-refractivity contribution is 8.00. The summed E-state index contributed by atoms with van der Waals surface area (Å²) in [7, 11) is 3.06. The number of fused-ring (bicyclic) bond motifs is 1. The van der Waals surface area contributed by atoms with Crippen LogP contribution in [-0.4, -0.2) is 38.5 Å². The second-order valence-electron chi connectivity index (χ2n) is 6.83. The summed E-state index contributed by atoms with van der Waals surface area (Å²) in [5.74, 6) is 2.22. The third-order valence-corrected chi connectivity index (χ3v) is 5.80. The number of nitrogens with one attached hydrogen (secondary N) is 1. The Morgan fingerprint density at radius 2 is 1.69 bits per heavy atom. The van der Waals surface area contributed by atoms with Crippen LogP contribution in [0.5, 0.6) is 23.0 Å². The molecule has 0 aliphatic carbocycles. The summed E-state index contributed by atoms with van der Waals surface area (Å²) in [6, 6.07) is 17.5. The molecule has 0 fully saturated rings. The van der Waals surface area contributed by atoms with E-state index in [0.29, 0.717) is 39.8 Å². The van der Waals surface area contributed by atoms with Crippen LogP contribution in [0.2, 0.25) is 0 Å². The van der Waals surface area contributed by atoms with Crippen LogP contribution in [0.15, 0.2) is 65.6 Å². The molecule has 3 aromatic carbocycles. The summed E-state index contributed by atoms with van der Waals surface area (Å²) < 4.78 is 21.1. The van der Waals surface area contributed by atoms with Crippen LogP contribution in [0.3, 0.4) is 0 Å². The normalized spacial score (nSPS) is 11.7. The zero-order chi connectivity index (χ0) is 22.5. The lowest BCUT2D eigenvalue weighted by molar-refractivity contribution is 0.101. The number of carbonyl (C=O) groups excluding carboxylic acids is 2.